The zero-order valence-electron chi connectivity index (χ0n) is 21.7. The number of hydrogen-bond donors (Lipinski definition) is 0. The number of hydrogen-bond acceptors (Lipinski definition) is 7. The van der Waals surface area contributed by atoms with Gasteiger partial charge in [-0.05, 0) is 54.6 Å². The lowest BCUT2D eigenvalue weighted by Gasteiger charge is -2.11. The Bertz CT molecular complexity index is 2060. The van der Waals surface area contributed by atoms with E-state index in [9.17, 15) is 10.1 Å². The van der Waals surface area contributed by atoms with Crippen LogP contribution in [0.5, 0.6) is 11.5 Å². The number of furan rings is 1. The molecule has 2 heterocycles. The minimum absolute atomic E-state index is 0.162. The van der Waals surface area contributed by atoms with Gasteiger partial charge in [0.25, 0.3) is 5.56 Å². The Morgan fingerprint density at radius 3 is 2.68 bits per heavy atom. The molecule has 0 aliphatic rings. The highest BCUT2D eigenvalue weighted by molar-refractivity contribution is 6.30. The molecule has 0 saturated heterocycles. The molecule has 0 radical (unpaired) electrons. The predicted octanol–water partition coefficient (Wildman–Crippen LogP) is 6.80. The number of halogens is 1. The van der Waals surface area contributed by atoms with Gasteiger partial charge in [-0.15, -0.1) is 0 Å². The molecule has 0 N–H and O–H groups in total. The van der Waals surface area contributed by atoms with Gasteiger partial charge < -0.3 is 13.9 Å². The van der Waals surface area contributed by atoms with Crippen molar-refractivity contribution in [1.29, 1.82) is 5.26 Å². The first-order valence-electron chi connectivity index (χ1n) is 12.6. The van der Waals surface area contributed by atoms with Crippen molar-refractivity contribution in [3.63, 3.8) is 0 Å². The second kappa shape index (κ2) is 11.0. The summed E-state index contributed by atoms with van der Waals surface area (Å²) in [5, 5.41) is 15.6. The normalized spacial score (nSPS) is 11.2. The first-order valence-corrected chi connectivity index (χ1v) is 13.0. The summed E-state index contributed by atoms with van der Waals surface area (Å²) in [7, 11) is 1.58. The van der Waals surface area contributed by atoms with Crippen molar-refractivity contribution >= 4 is 39.7 Å². The molecule has 0 amide bonds. The molecule has 0 atom stereocenters. The second-order valence-electron chi connectivity index (χ2n) is 9.04. The Morgan fingerprint density at radius 2 is 1.83 bits per heavy atom. The number of nitrogens with zero attached hydrogens (tertiary/aromatic N) is 4. The summed E-state index contributed by atoms with van der Waals surface area (Å²) in [4.78, 5) is 18.4. The fourth-order valence-corrected chi connectivity index (χ4v) is 4.68. The monoisotopic (exact) mass is 560 g/mol. The Hall–Kier alpha value is -5.39. The third-order valence-corrected chi connectivity index (χ3v) is 6.76. The highest BCUT2D eigenvalue weighted by Crippen LogP contribution is 2.33. The number of ether oxygens (including phenoxy) is 2. The van der Waals surface area contributed by atoms with E-state index < -0.39 is 0 Å². The maximum absolute atomic E-state index is 13.7. The number of methoxy groups -OCH3 is 1. The lowest BCUT2D eigenvalue weighted by atomic mass is 10.1. The van der Waals surface area contributed by atoms with Crippen molar-refractivity contribution in [1.82, 2.24) is 9.66 Å². The van der Waals surface area contributed by atoms with Crippen molar-refractivity contribution in [3.05, 3.63) is 123 Å². The van der Waals surface area contributed by atoms with Gasteiger partial charge in [0, 0.05) is 16.1 Å². The van der Waals surface area contributed by atoms with Crippen LogP contribution in [0.1, 0.15) is 16.7 Å². The summed E-state index contributed by atoms with van der Waals surface area (Å²) in [6.45, 7) is 0.162. The van der Waals surface area contributed by atoms with Gasteiger partial charge in [0.05, 0.1) is 41.2 Å². The van der Waals surface area contributed by atoms with Crippen LogP contribution < -0.4 is 15.0 Å². The molecule has 6 rings (SSSR count). The van der Waals surface area contributed by atoms with E-state index >= 15 is 0 Å². The van der Waals surface area contributed by atoms with Crippen LogP contribution in [0.2, 0.25) is 5.02 Å². The van der Waals surface area contributed by atoms with Crippen LogP contribution in [0.4, 0.5) is 0 Å². The molecule has 6 aromatic rings. The van der Waals surface area contributed by atoms with Crippen LogP contribution in [-0.4, -0.2) is 23.0 Å². The standard InChI is InChI=1S/C32H21ClN4O4/c1-39-28-11-6-12-29-25(28)16-30(41-29)31-36-26-10-5-4-9-24(26)32(38)37(31)35-18-22-15-23(33)13-14-27(22)40-19-21-8-3-2-7-20(21)17-34/h2-16,18H,19H2,1H3. The maximum Gasteiger partial charge on any atom is 0.282 e. The summed E-state index contributed by atoms with van der Waals surface area (Å²) in [5.74, 6) is 1.67. The lowest BCUT2D eigenvalue weighted by molar-refractivity contribution is 0.305. The minimum atomic E-state index is -0.373. The van der Waals surface area contributed by atoms with Gasteiger partial charge in [-0.25, -0.2) is 4.98 Å². The van der Waals surface area contributed by atoms with E-state index in [1.807, 2.05) is 36.4 Å². The van der Waals surface area contributed by atoms with Gasteiger partial charge in [-0.1, -0.05) is 48.0 Å². The summed E-state index contributed by atoms with van der Waals surface area (Å²) >= 11 is 6.31. The summed E-state index contributed by atoms with van der Waals surface area (Å²) in [6.07, 6.45) is 1.49. The molecule has 8 nitrogen and oxygen atoms in total. The van der Waals surface area contributed by atoms with Crippen molar-refractivity contribution in [2.24, 2.45) is 5.10 Å². The third kappa shape index (κ3) is 5.02. The third-order valence-electron chi connectivity index (χ3n) is 6.52. The number of benzene rings is 4. The second-order valence-corrected chi connectivity index (χ2v) is 9.47. The highest BCUT2D eigenvalue weighted by Gasteiger charge is 2.18. The number of nitriles is 1. The smallest absolute Gasteiger partial charge is 0.282 e. The number of fused-ring (bicyclic) bond motifs is 2. The SMILES string of the molecule is COc1cccc2oc(-c3nc4ccccc4c(=O)n3N=Cc3cc(Cl)ccc3OCc3ccccc3C#N)cc12. The minimum Gasteiger partial charge on any atom is -0.496 e. The van der Waals surface area contributed by atoms with Gasteiger partial charge in [0.2, 0.25) is 5.82 Å². The van der Waals surface area contributed by atoms with Gasteiger partial charge in [-0.2, -0.15) is 15.0 Å². The van der Waals surface area contributed by atoms with E-state index in [0.29, 0.717) is 49.9 Å². The van der Waals surface area contributed by atoms with Crippen LogP contribution in [0, 0.1) is 11.3 Å². The van der Waals surface area contributed by atoms with Gasteiger partial charge in [-0.3, -0.25) is 4.79 Å². The van der Waals surface area contributed by atoms with E-state index in [0.717, 1.165) is 10.9 Å². The van der Waals surface area contributed by atoms with E-state index in [-0.39, 0.29) is 18.0 Å². The summed E-state index contributed by atoms with van der Waals surface area (Å²) in [5.41, 5.74) is 2.52. The van der Waals surface area contributed by atoms with Crippen molar-refractivity contribution in [2.75, 3.05) is 7.11 Å². The molecular formula is C32H21ClN4O4. The first-order chi connectivity index (χ1) is 20.1. The first kappa shape index (κ1) is 25.9. The Morgan fingerprint density at radius 1 is 1.00 bits per heavy atom. The zero-order valence-corrected chi connectivity index (χ0v) is 22.5. The fraction of sp³-hybridized carbons (Fsp3) is 0.0625. The van der Waals surface area contributed by atoms with Gasteiger partial charge >= 0.3 is 0 Å². The van der Waals surface area contributed by atoms with Crippen LogP contribution in [0.15, 0.2) is 105 Å². The number of aromatic nitrogens is 2. The molecule has 4 aromatic carbocycles. The zero-order chi connectivity index (χ0) is 28.3. The van der Waals surface area contributed by atoms with Crippen molar-refractivity contribution in [3.8, 4) is 29.2 Å². The highest BCUT2D eigenvalue weighted by atomic mass is 35.5. The van der Waals surface area contributed by atoms with E-state index in [2.05, 4.69) is 11.2 Å². The molecule has 9 heteroatoms. The quantitative estimate of drug-likeness (QED) is 0.199. The Balaban J connectivity index is 1.45. The van der Waals surface area contributed by atoms with Gasteiger partial charge in [0.15, 0.2) is 5.76 Å². The van der Waals surface area contributed by atoms with Crippen LogP contribution in [0.3, 0.4) is 0 Å². The van der Waals surface area contributed by atoms with E-state index in [1.165, 1.54) is 10.9 Å². The molecule has 2 aromatic heterocycles. The number of rotatable bonds is 7. The Kier molecular flexibility index (Phi) is 6.94. The molecular weight excluding hydrogens is 540 g/mol. The average molecular weight is 561 g/mol. The van der Waals surface area contributed by atoms with Crippen molar-refractivity contribution < 1.29 is 13.9 Å². The van der Waals surface area contributed by atoms with Crippen LogP contribution >= 0.6 is 11.6 Å². The predicted molar refractivity (Wildman–Crippen MR) is 158 cm³/mol. The van der Waals surface area contributed by atoms with Gasteiger partial charge in [0.1, 0.15) is 23.7 Å². The van der Waals surface area contributed by atoms with Crippen LogP contribution in [0.25, 0.3) is 33.5 Å². The molecule has 0 saturated carbocycles. The molecule has 0 unspecified atom stereocenters. The molecule has 200 valence electrons. The number of para-hydroxylation sites is 1. The molecule has 0 spiro atoms. The maximum atomic E-state index is 13.7. The lowest BCUT2D eigenvalue weighted by Crippen LogP contribution is -2.20. The summed E-state index contributed by atoms with van der Waals surface area (Å²) < 4.78 is 18.8. The fourth-order valence-electron chi connectivity index (χ4n) is 4.50. The average Bonchev–Trinajstić information content (AvgIpc) is 3.45. The van der Waals surface area contributed by atoms with Crippen LogP contribution in [-0.2, 0) is 6.61 Å². The molecule has 0 bridgehead atoms. The van der Waals surface area contributed by atoms with Crippen molar-refractivity contribution in [2.45, 2.75) is 6.61 Å². The largest absolute Gasteiger partial charge is 0.496 e. The van der Waals surface area contributed by atoms with E-state index in [4.69, 9.17) is 30.5 Å². The molecule has 0 aliphatic heterocycles. The Labute approximate surface area is 239 Å². The molecule has 0 aliphatic carbocycles. The summed E-state index contributed by atoms with van der Waals surface area (Å²) in [6, 6.07) is 28.8. The van der Waals surface area contributed by atoms with E-state index in [1.54, 1.807) is 61.7 Å². The topological polar surface area (TPSA) is 103 Å². The molecule has 0 fully saturated rings. The molecule has 41 heavy (non-hydrogen) atoms.